The van der Waals surface area contributed by atoms with Crippen molar-refractivity contribution >= 4 is 44.9 Å². The van der Waals surface area contributed by atoms with Crippen LogP contribution < -0.4 is 14.8 Å². The quantitative estimate of drug-likeness (QED) is 0.451. The molecule has 1 heterocycles. The molecule has 1 amide bonds. The third-order valence-corrected chi connectivity index (χ3v) is 6.18. The average molecular weight is 417 g/mol. The lowest BCUT2D eigenvalue weighted by Crippen LogP contribution is -2.15. The zero-order valence-corrected chi connectivity index (χ0v) is 17.7. The summed E-state index contributed by atoms with van der Waals surface area (Å²) in [5, 5.41) is 3.97. The molecule has 3 rings (SSSR count). The Morgan fingerprint density at radius 3 is 2.89 bits per heavy atom. The number of aromatic nitrogens is 1. The van der Waals surface area contributed by atoms with E-state index in [0.717, 1.165) is 23.4 Å². The molecule has 7 heteroatoms. The maximum absolute atomic E-state index is 12.4. The van der Waals surface area contributed by atoms with Crippen molar-refractivity contribution < 1.29 is 14.3 Å². The molecule has 0 spiro atoms. The Morgan fingerprint density at radius 1 is 1.25 bits per heavy atom. The number of rotatable bonds is 10. The van der Waals surface area contributed by atoms with Crippen LogP contribution in [-0.4, -0.2) is 30.4 Å². The lowest BCUT2D eigenvalue weighted by molar-refractivity contribution is -0.113. The SMILES string of the molecule is CCCCOc1ccc(OC)cc1NC(=O)CSCc1nc2ccccc2s1. The van der Waals surface area contributed by atoms with Crippen molar-refractivity contribution in [3.05, 3.63) is 47.5 Å². The number of unbranched alkanes of at least 4 members (excludes halogenated alkanes) is 1. The first kappa shape index (κ1) is 20.5. The van der Waals surface area contributed by atoms with Gasteiger partial charge < -0.3 is 14.8 Å². The molecule has 0 radical (unpaired) electrons. The van der Waals surface area contributed by atoms with Crippen LogP contribution in [0.4, 0.5) is 5.69 Å². The van der Waals surface area contributed by atoms with E-state index in [1.165, 1.54) is 4.70 Å². The number of thioether (sulfide) groups is 1. The van der Waals surface area contributed by atoms with Crippen LogP contribution in [0.5, 0.6) is 11.5 Å². The molecule has 1 N–H and O–H groups in total. The standard InChI is InChI=1S/C21H24N2O3S2/c1-3-4-11-26-18-10-9-15(25-2)12-17(18)22-20(24)13-27-14-21-23-16-7-5-6-8-19(16)28-21/h5-10,12H,3-4,11,13-14H2,1-2H3,(H,22,24). The molecule has 0 fully saturated rings. The summed E-state index contributed by atoms with van der Waals surface area (Å²) in [6.45, 7) is 2.74. The molecule has 1 aromatic heterocycles. The maximum atomic E-state index is 12.4. The van der Waals surface area contributed by atoms with Crippen LogP contribution in [0.15, 0.2) is 42.5 Å². The zero-order valence-electron chi connectivity index (χ0n) is 16.1. The normalized spacial score (nSPS) is 10.8. The van der Waals surface area contributed by atoms with E-state index in [-0.39, 0.29) is 5.91 Å². The minimum absolute atomic E-state index is 0.0697. The largest absolute Gasteiger partial charge is 0.497 e. The molecule has 148 valence electrons. The molecule has 0 bridgehead atoms. The second kappa shape index (κ2) is 10.3. The van der Waals surface area contributed by atoms with E-state index in [0.29, 0.717) is 35.3 Å². The highest BCUT2D eigenvalue weighted by Crippen LogP contribution is 2.30. The van der Waals surface area contributed by atoms with Gasteiger partial charge >= 0.3 is 0 Å². The number of fused-ring (bicyclic) bond motifs is 1. The van der Waals surface area contributed by atoms with Crippen LogP contribution in [0.3, 0.4) is 0 Å². The molecule has 0 saturated heterocycles. The van der Waals surface area contributed by atoms with Gasteiger partial charge in [0.2, 0.25) is 5.91 Å². The number of methoxy groups -OCH3 is 1. The van der Waals surface area contributed by atoms with Gasteiger partial charge in [0.25, 0.3) is 0 Å². The number of ether oxygens (including phenoxy) is 2. The van der Waals surface area contributed by atoms with E-state index in [2.05, 4.69) is 23.3 Å². The topological polar surface area (TPSA) is 60.5 Å². The molecule has 2 aromatic carbocycles. The Labute approximate surface area is 173 Å². The summed E-state index contributed by atoms with van der Waals surface area (Å²) in [5.74, 6) is 2.34. The summed E-state index contributed by atoms with van der Waals surface area (Å²) in [5.41, 5.74) is 1.65. The molecule has 0 aliphatic carbocycles. The molecule has 0 atom stereocenters. The predicted octanol–water partition coefficient (Wildman–Crippen LogP) is 5.36. The zero-order chi connectivity index (χ0) is 19.8. The van der Waals surface area contributed by atoms with Crippen molar-refractivity contribution in [1.29, 1.82) is 0 Å². The van der Waals surface area contributed by atoms with E-state index in [1.54, 1.807) is 36.3 Å². The van der Waals surface area contributed by atoms with Crippen LogP contribution in [0, 0.1) is 0 Å². The number of carbonyl (C=O) groups is 1. The van der Waals surface area contributed by atoms with Crippen LogP contribution >= 0.6 is 23.1 Å². The third kappa shape index (κ3) is 5.62. The first-order valence-electron chi connectivity index (χ1n) is 9.22. The van der Waals surface area contributed by atoms with Crippen LogP contribution in [0.25, 0.3) is 10.2 Å². The summed E-state index contributed by atoms with van der Waals surface area (Å²) in [6.07, 6.45) is 2.03. The highest BCUT2D eigenvalue weighted by Gasteiger charge is 2.11. The summed E-state index contributed by atoms with van der Waals surface area (Å²) < 4.78 is 12.2. The fraction of sp³-hybridized carbons (Fsp3) is 0.333. The molecule has 0 unspecified atom stereocenters. The Balaban J connectivity index is 1.55. The third-order valence-electron chi connectivity index (χ3n) is 4.01. The minimum atomic E-state index is -0.0697. The maximum Gasteiger partial charge on any atom is 0.234 e. The summed E-state index contributed by atoms with van der Waals surface area (Å²) >= 11 is 3.22. The Hall–Kier alpha value is -2.25. The average Bonchev–Trinajstić information content (AvgIpc) is 3.12. The molecular weight excluding hydrogens is 392 g/mol. The highest BCUT2D eigenvalue weighted by molar-refractivity contribution is 7.99. The minimum Gasteiger partial charge on any atom is -0.497 e. The molecule has 28 heavy (non-hydrogen) atoms. The molecule has 0 aliphatic rings. The van der Waals surface area contributed by atoms with E-state index in [1.807, 2.05) is 30.3 Å². The highest BCUT2D eigenvalue weighted by atomic mass is 32.2. The number of amides is 1. The van der Waals surface area contributed by atoms with Crippen molar-refractivity contribution in [2.75, 3.05) is 24.8 Å². The van der Waals surface area contributed by atoms with E-state index < -0.39 is 0 Å². The number of carbonyl (C=O) groups excluding carboxylic acids is 1. The molecule has 0 aliphatic heterocycles. The monoisotopic (exact) mass is 416 g/mol. The van der Waals surface area contributed by atoms with Gasteiger partial charge in [-0.15, -0.1) is 23.1 Å². The number of hydrogen-bond donors (Lipinski definition) is 1. The lowest BCUT2D eigenvalue weighted by Gasteiger charge is -2.13. The fourth-order valence-corrected chi connectivity index (χ4v) is 4.43. The lowest BCUT2D eigenvalue weighted by atomic mass is 10.2. The van der Waals surface area contributed by atoms with Crippen molar-refractivity contribution in [3.8, 4) is 11.5 Å². The number of para-hydroxylation sites is 1. The number of anilines is 1. The van der Waals surface area contributed by atoms with Gasteiger partial charge in [-0.05, 0) is 30.7 Å². The number of thiazole rings is 1. The molecule has 3 aromatic rings. The molecule has 0 saturated carbocycles. The second-order valence-electron chi connectivity index (χ2n) is 6.18. The predicted molar refractivity (Wildman–Crippen MR) is 118 cm³/mol. The summed E-state index contributed by atoms with van der Waals surface area (Å²) in [6, 6.07) is 13.5. The number of nitrogens with one attached hydrogen (secondary N) is 1. The van der Waals surface area contributed by atoms with Crippen molar-refractivity contribution in [2.45, 2.75) is 25.5 Å². The Bertz CT molecular complexity index is 894. The molecular formula is C21H24N2O3S2. The van der Waals surface area contributed by atoms with Gasteiger partial charge in [0.15, 0.2) is 0 Å². The van der Waals surface area contributed by atoms with Gasteiger partial charge in [-0.25, -0.2) is 4.98 Å². The Kier molecular flexibility index (Phi) is 7.56. The van der Waals surface area contributed by atoms with Crippen molar-refractivity contribution in [2.24, 2.45) is 0 Å². The first-order valence-corrected chi connectivity index (χ1v) is 11.2. The number of nitrogens with zero attached hydrogens (tertiary/aromatic N) is 1. The van der Waals surface area contributed by atoms with Crippen LogP contribution in [-0.2, 0) is 10.5 Å². The fourth-order valence-electron chi connectivity index (χ4n) is 2.59. The van der Waals surface area contributed by atoms with E-state index in [9.17, 15) is 4.79 Å². The first-order chi connectivity index (χ1) is 13.7. The van der Waals surface area contributed by atoms with Gasteiger partial charge in [0.1, 0.15) is 16.5 Å². The van der Waals surface area contributed by atoms with Gasteiger partial charge in [-0.2, -0.15) is 0 Å². The van der Waals surface area contributed by atoms with Crippen LogP contribution in [0.1, 0.15) is 24.8 Å². The van der Waals surface area contributed by atoms with Gasteiger partial charge in [0, 0.05) is 11.8 Å². The van der Waals surface area contributed by atoms with Gasteiger partial charge in [-0.1, -0.05) is 25.5 Å². The second-order valence-corrected chi connectivity index (χ2v) is 8.28. The van der Waals surface area contributed by atoms with Crippen molar-refractivity contribution in [1.82, 2.24) is 4.98 Å². The Morgan fingerprint density at radius 2 is 2.11 bits per heavy atom. The number of benzene rings is 2. The van der Waals surface area contributed by atoms with Crippen molar-refractivity contribution in [3.63, 3.8) is 0 Å². The summed E-state index contributed by atoms with van der Waals surface area (Å²) in [7, 11) is 1.60. The van der Waals surface area contributed by atoms with Crippen LogP contribution in [0.2, 0.25) is 0 Å². The smallest absolute Gasteiger partial charge is 0.234 e. The summed E-state index contributed by atoms with van der Waals surface area (Å²) in [4.78, 5) is 17.0. The van der Waals surface area contributed by atoms with Gasteiger partial charge in [-0.3, -0.25) is 4.79 Å². The van der Waals surface area contributed by atoms with Gasteiger partial charge in [0.05, 0.1) is 35.4 Å². The van der Waals surface area contributed by atoms with E-state index in [4.69, 9.17) is 9.47 Å². The number of hydrogen-bond acceptors (Lipinski definition) is 6. The molecule has 5 nitrogen and oxygen atoms in total. The van der Waals surface area contributed by atoms with E-state index >= 15 is 0 Å².